The van der Waals surface area contributed by atoms with E-state index in [1.807, 2.05) is 36.4 Å². The molecule has 1 aromatic heterocycles. The van der Waals surface area contributed by atoms with Gasteiger partial charge in [-0.1, -0.05) is 37.3 Å². The van der Waals surface area contributed by atoms with Crippen LogP contribution in [0.15, 0.2) is 36.4 Å². The molecule has 1 fully saturated rings. The molecule has 1 saturated heterocycles. The Balaban J connectivity index is 1.73. The summed E-state index contributed by atoms with van der Waals surface area (Å²) in [5.74, 6) is 0.853. The van der Waals surface area contributed by atoms with Crippen LogP contribution in [0.2, 0.25) is 0 Å². The number of pyridine rings is 1. The normalized spacial score (nSPS) is 14.6. The van der Waals surface area contributed by atoms with Gasteiger partial charge in [0.05, 0.1) is 12.8 Å². The molecule has 1 aromatic carbocycles. The van der Waals surface area contributed by atoms with Gasteiger partial charge in [0.15, 0.2) is 0 Å². The highest BCUT2D eigenvalue weighted by Crippen LogP contribution is 2.33. The summed E-state index contributed by atoms with van der Waals surface area (Å²) < 4.78 is 10.8. The molecule has 1 amide bonds. The van der Waals surface area contributed by atoms with Gasteiger partial charge < -0.3 is 14.8 Å². The summed E-state index contributed by atoms with van der Waals surface area (Å²) in [6, 6.07) is 11.5. The van der Waals surface area contributed by atoms with Crippen molar-refractivity contribution >= 4 is 11.8 Å². The first-order chi connectivity index (χ1) is 13.2. The van der Waals surface area contributed by atoms with Crippen LogP contribution in [0.4, 0.5) is 10.5 Å². The van der Waals surface area contributed by atoms with E-state index in [0.717, 1.165) is 49.2 Å². The third kappa shape index (κ3) is 4.98. The maximum absolute atomic E-state index is 12.2. The highest BCUT2D eigenvalue weighted by Gasteiger charge is 2.22. The lowest BCUT2D eigenvalue weighted by atomic mass is 9.90. The van der Waals surface area contributed by atoms with Gasteiger partial charge in [0.1, 0.15) is 12.3 Å². The number of nitrogens with one attached hydrogen (secondary N) is 2. The average molecular weight is 369 g/mol. The minimum Gasteiger partial charge on any atom is -0.480 e. The third-order valence-electron chi connectivity index (χ3n) is 4.85. The first-order valence-corrected chi connectivity index (χ1v) is 9.47. The molecule has 2 heterocycles. The number of aromatic nitrogens is 1. The summed E-state index contributed by atoms with van der Waals surface area (Å²) in [5.41, 5.74) is 3.71. The van der Waals surface area contributed by atoms with E-state index in [-0.39, 0.29) is 6.61 Å². The Labute approximate surface area is 160 Å². The molecule has 0 bridgehead atoms. The maximum Gasteiger partial charge on any atom is 0.412 e. The van der Waals surface area contributed by atoms with Crippen molar-refractivity contribution in [2.45, 2.75) is 38.7 Å². The second kappa shape index (κ2) is 9.37. The molecule has 0 aliphatic carbocycles. The zero-order valence-corrected chi connectivity index (χ0v) is 16.0. The second-order valence-corrected chi connectivity index (χ2v) is 6.65. The second-order valence-electron chi connectivity index (χ2n) is 6.65. The van der Waals surface area contributed by atoms with Crippen LogP contribution in [0, 0.1) is 0 Å². The number of hydrogen-bond donors (Lipinski definition) is 2. The lowest BCUT2D eigenvalue weighted by molar-refractivity contribution is 0.155. The molecule has 1 aliphatic heterocycles. The number of hydrogen-bond acceptors (Lipinski definition) is 5. The van der Waals surface area contributed by atoms with E-state index in [1.54, 1.807) is 7.11 Å². The fourth-order valence-electron chi connectivity index (χ4n) is 3.40. The predicted molar refractivity (Wildman–Crippen MR) is 105 cm³/mol. The molecule has 27 heavy (non-hydrogen) atoms. The van der Waals surface area contributed by atoms with E-state index in [9.17, 15) is 4.79 Å². The van der Waals surface area contributed by atoms with Gasteiger partial charge in [-0.2, -0.15) is 0 Å². The zero-order valence-electron chi connectivity index (χ0n) is 16.0. The number of methoxy groups -OCH3 is 1. The first kappa shape index (κ1) is 19.2. The smallest absolute Gasteiger partial charge is 0.412 e. The molecule has 0 saturated carbocycles. The number of ether oxygens (including phenoxy) is 2. The zero-order chi connectivity index (χ0) is 19.1. The van der Waals surface area contributed by atoms with Gasteiger partial charge in [0, 0.05) is 5.92 Å². The first-order valence-electron chi connectivity index (χ1n) is 9.47. The van der Waals surface area contributed by atoms with Crippen LogP contribution in [0.5, 0.6) is 5.88 Å². The van der Waals surface area contributed by atoms with Gasteiger partial charge in [-0.3, -0.25) is 5.32 Å². The van der Waals surface area contributed by atoms with E-state index in [0.29, 0.717) is 17.5 Å². The average Bonchev–Trinajstić information content (AvgIpc) is 2.73. The lowest BCUT2D eigenvalue weighted by Crippen LogP contribution is -2.27. The van der Waals surface area contributed by atoms with Crippen LogP contribution in [-0.4, -0.2) is 31.3 Å². The molecule has 0 spiro atoms. The number of benzene rings is 1. The van der Waals surface area contributed by atoms with Crippen LogP contribution in [-0.2, 0) is 17.8 Å². The van der Waals surface area contributed by atoms with Crippen LogP contribution >= 0.6 is 0 Å². The fourth-order valence-corrected chi connectivity index (χ4v) is 3.40. The number of anilines is 1. The SMILES string of the molecule is CCc1cc(NC(=O)OCc2ccccc2)c(OC)nc1C1CCNCC1. The van der Waals surface area contributed by atoms with Crippen molar-refractivity contribution in [1.29, 1.82) is 0 Å². The molecule has 2 N–H and O–H groups in total. The summed E-state index contributed by atoms with van der Waals surface area (Å²) in [4.78, 5) is 17.0. The number of piperidine rings is 1. The van der Waals surface area contributed by atoms with E-state index in [2.05, 4.69) is 17.6 Å². The third-order valence-corrected chi connectivity index (χ3v) is 4.85. The van der Waals surface area contributed by atoms with Gasteiger partial charge in [0.25, 0.3) is 0 Å². The Morgan fingerprint density at radius 3 is 2.67 bits per heavy atom. The molecule has 0 unspecified atom stereocenters. The van der Waals surface area contributed by atoms with E-state index in [1.165, 1.54) is 0 Å². The van der Waals surface area contributed by atoms with Crippen LogP contribution < -0.4 is 15.4 Å². The van der Waals surface area contributed by atoms with Crippen molar-refractivity contribution in [3.05, 3.63) is 53.2 Å². The van der Waals surface area contributed by atoms with Gasteiger partial charge in [0.2, 0.25) is 5.88 Å². The number of amides is 1. The van der Waals surface area contributed by atoms with Crippen molar-refractivity contribution in [1.82, 2.24) is 10.3 Å². The van der Waals surface area contributed by atoms with Gasteiger partial charge >= 0.3 is 6.09 Å². The Hall–Kier alpha value is -2.60. The molecule has 3 rings (SSSR count). The van der Waals surface area contributed by atoms with Crippen molar-refractivity contribution in [3.63, 3.8) is 0 Å². The molecule has 2 aromatic rings. The topological polar surface area (TPSA) is 72.5 Å². The molecular weight excluding hydrogens is 342 g/mol. The molecule has 1 aliphatic rings. The molecule has 144 valence electrons. The summed E-state index contributed by atoms with van der Waals surface area (Å²) in [6.07, 6.45) is 2.46. The number of aryl methyl sites for hydroxylation is 1. The summed E-state index contributed by atoms with van der Waals surface area (Å²) in [7, 11) is 1.57. The summed E-state index contributed by atoms with van der Waals surface area (Å²) >= 11 is 0. The highest BCUT2D eigenvalue weighted by molar-refractivity contribution is 5.86. The number of nitrogens with zero attached hydrogens (tertiary/aromatic N) is 1. The van der Waals surface area contributed by atoms with Crippen LogP contribution in [0.25, 0.3) is 0 Å². The maximum atomic E-state index is 12.2. The largest absolute Gasteiger partial charge is 0.480 e. The van der Waals surface area contributed by atoms with E-state index < -0.39 is 6.09 Å². The monoisotopic (exact) mass is 369 g/mol. The van der Waals surface area contributed by atoms with Crippen LogP contribution in [0.3, 0.4) is 0 Å². The van der Waals surface area contributed by atoms with Crippen LogP contribution in [0.1, 0.15) is 42.5 Å². The van der Waals surface area contributed by atoms with E-state index >= 15 is 0 Å². The predicted octanol–water partition coefficient (Wildman–Crippen LogP) is 3.87. The van der Waals surface area contributed by atoms with Crippen molar-refractivity contribution in [2.75, 3.05) is 25.5 Å². The van der Waals surface area contributed by atoms with Gasteiger partial charge in [-0.15, -0.1) is 0 Å². The lowest BCUT2D eigenvalue weighted by Gasteiger charge is -2.25. The van der Waals surface area contributed by atoms with Gasteiger partial charge in [-0.05, 0) is 49.5 Å². The molecule has 0 radical (unpaired) electrons. The van der Waals surface area contributed by atoms with E-state index in [4.69, 9.17) is 14.5 Å². The summed E-state index contributed by atoms with van der Waals surface area (Å²) in [5, 5.41) is 6.16. The number of rotatable bonds is 6. The minimum absolute atomic E-state index is 0.218. The molecule has 0 atom stereocenters. The quantitative estimate of drug-likeness (QED) is 0.809. The Bertz CT molecular complexity index is 759. The Morgan fingerprint density at radius 2 is 2.00 bits per heavy atom. The highest BCUT2D eigenvalue weighted by atomic mass is 16.5. The van der Waals surface area contributed by atoms with Gasteiger partial charge in [-0.25, -0.2) is 9.78 Å². The Morgan fingerprint density at radius 1 is 1.26 bits per heavy atom. The Kier molecular flexibility index (Phi) is 6.65. The summed E-state index contributed by atoms with van der Waals surface area (Å²) in [6.45, 7) is 4.33. The standard InChI is InChI=1S/C21H27N3O3/c1-3-16-13-18(23-21(25)27-14-15-7-5-4-6-8-15)20(26-2)24-19(16)17-9-11-22-12-10-17/h4-8,13,17,22H,3,9-12,14H2,1-2H3,(H,23,25). The van der Waals surface area contributed by atoms with Crippen molar-refractivity contribution < 1.29 is 14.3 Å². The fraction of sp³-hybridized carbons (Fsp3) is 0.429. The molecular formula is C21H27N3O3. The van der Waals surface area contributed by atoms with Crippen molar-refractivity contribution in [2.24, 2.45) is 0 Å². The minimum atomic E-state index is -0.518. The molecule has 6 nitrogen and oxygen atoms in total. The number of carbonyl (C=O) groups is 1. The number of carbonyl (C=O) groups excluding carboxylic acids is 1. The molecule has 6 heteroatoms. The van der Waals surface area contributed by atoms with Crippen molar-refractivity contribution in [3.8, 4) is 5.88 Å².